The van der Waals surface area contributed by atoms with Crippen molar-refractivity contribution in [1.82, 2.24) is 0 Å². The second-order valence-electron chi connectivity index (χ2n) is 31.3. The smallest absolute Gasteiger partial charge is 0.270 e. The molecular weight excluding hydrogens is 1540 g/mol. The number of unbranched alkanes of at least 4 members (excludes halogenated alkanes) is 20. The summed E-state index contributed by atoms with van der Waals surface area (Å²) >= 11 is 6.57. The highest BCUT2D eigenvalue weighted by molar-refractivity contribution is 7.34. The van der Waals surface area contributed by atoms with E-state index in [0.29, 0.717) is 48.0 Å². The standard InChI is InChI=1S/C102H96F2N4O6S4/c1-7-11-15-19-23-29-51-111-71-43-35-67(36-44-71)101(68-37-45-72(46-38-68)112-52-30-24-20-16-12-8-2)83-59-75(57-81-89(87(63-105)107-5)77-55-65-33-27-28-34-66(65)56-79(77)93(81)109)115-95(83)97-91(101)99-100(117-97)92-98(118-99)96-84(60-76(116-96)58-82-90(88(64-106)108-6)78-61-85(103)86(104)62-80(78)94(82)110)102(92,69-39-47-73(48-40-69)113-53-31-25-21-17-13-9-3)70-41-49-74(50-42-70)114-54-32-26-22-18-14-10-4/h27-28,33-50,55-62H,7-26,29-32,51-54H2,1-4H3/b81-57-,82-58-,89-87-,90-88+. The highest BCUT2D eigenvalue weighted by Gasteiger charge is 2.55. The largest absolute Gasteiger partial charge is 0.494 e. The predicted octanol–water partition coefficient (Wildman–Crippen LogP) is 29.1. The minimum atomic E-state index is -1.21. The van der Waals surface area contributed by atoms with Gasteiger partial charge in [0.25, 0.3) is 11.4 Å². The van der Waals surface area contributed by atoms with Gasteiger partial charge in [0.2, 0.25) is 0 Å². The minimum absolute atomic E-state index is 0.00913. The molecule has 4 aromatic heterocycles. The van der Waals surface area contributed by atoms with Gasteiger partial charge in [0.05, 0.1) is 91.4 Å². The lowest BCUT2D eigenvalue weighted by molar-refractivity contribution is 0.103. The summed E-state index contributed by atoms with van der Waals surface area (Å²) in [7, 11) is 0. The SMILES string of the molecule is [C-]#[N+]/C(C#N)=C1\C(=C\c2cc3c(s2)-c2sc4c5c(sc4c2C3(c2ccc(OCCCCCCCC)cc2)c2ccc(OCCCCCCCC)cc2)-c2sc(/C=C3\C(=O)c4cc(F)c(F)cc4\C3=C(\C#N)[N+]#[C-])cc2C5(c2ccc(OCCCCCCCC)cc2)c2ccc(OCCCCCCCC)cc2)C(=O)c2cc3ccccc3cc21. The van der Waals surface area contributed by atoms with Crippen LogP contribution in [0.5, 0.6) is 23.0 Å². The lowest BCUT2D eigenvalue weighted by Crippen LogP contribution is -2.28. The molecule has 11 aromatic rings. The first-order chi connectivity index (χ1) is 57.9. The summed E-state index contributed by atoms with van der Waals surface area (Å²) in [5, 5.41) is 23.1. The Balaban J connectivity index is 0.973. The summed E-state index contributed by atoms with van der Waals surface area (Å²) in [4.78, 5) is 43.0. The van der Waals surface area contributed by atoms with Crippen molar-refractivity contribution < 1.29 is 37.3 Å². The number of nitriles is 2. The molecule has 0 amide bonds. The lowest BCUT2D eigenvalue weighted by Gasteiger charge is -2.34. The quantitative estimate of drug-likeness (QED) is 0.0162. The Kier molecular flexibility index (Phi) is 26.1. The number of benzene rings is 7. The van der Waals surface area contributed by atoms with Gasteiger partial charge in [-0.05, 0) is 178 Å². The summed E-state index contributed by atoms with van der Waals surface area (Å²) in [5.41, 5.74) is 6.58. The molecule has 0 atom stereocenters. The minimum Gasteiger partial charge on any atom is -0.494 e. The van der Waals surface area contributed by atoms with Gasteiger partial charge in [0.15, 0.2) is 23.2 Å². The van der Waals surface area contributed by atoms with Crippen LogP contribution in [-0.4, -0.2) is 38.0 Å². The fraction of sp³-hybridized carbons (Fsp3) is 0.333. The second-order valence-corrected chi connectivity index (χ2v) is 35.6. The van der Waals surface area contributed by atoms with Crippen LogP contribution >= 0.6 is 45.3 Å². The molecule has 0 N–H and O–H groups in total. The molecule has 0 fully saturated rings. The molecule has 4 aliphatic rings. The molecule has 0 spiro atoms. The number of fused-ring (bicyclic) bond motifs is 12. The van der Waals surface area contributed by atoms with Crippen molar-refractivity contribution >= 4 is 100 Å². The number of thiophene rings is 4. The van der Waals surface area contributed by atoms with Gasteiger partial charge in [-0.3, -0.25) is 9.59 Å². The summed E-state index contributed by atoms with van der Waals surface area (Å²) in [6, 6.07) is 56.2. The summed E-state index contributed by atoms with van der Waals surface area (Å²) in [5.74, 6) is -0.314. The van der Waals surface area contributed by atoms with Crippen LogP contribution in [0.4, 0.5) is 8.78 Å². The number of hydrogen-bond donors (Lipinski definition) is 0. The number of Topliss-reactive ketones (excluding diaryl/α,β-unsaturated/α-hetero) is 2. The first-order valence-corrected chi connectivity index (χ1v) is 45.6. The fourth-order valence-corrected chi connectivity index (χ4v) is 23.5. The molecule has 4 aliphatic carbocycles. The third kappa shape index (κ3) is 15.9. The molecule has 118 heavy (non-hydrogen) atoms. The molecule has 0 aliphatic heterocycles. The third-order valence-corrected chi connectivity index (χ3v) is 28.7. The maximum absolute atomic E-state index is 15.4. The first-order valence-electron chi connectivity index (χ1n) is 42.3. The van der Waals surface area contributed by atoms with Gasteiger partial charge in [-0.15, -0.1) is 45.3 Å². The van der Waals surface area contributed by atoms with Gasteiger partial charge < -0.3 is 18.9 Å². The van der Waals surface area contributed by atoms with Gasteiger partial charge in [0, 0.05) is 54.3 Å². The van der Waals surface area contributed by atoms with Gasteiger partial charge in [-0.25, -0.2) is 29.0 Å². The maximum atomic E-state index is 15.4. The number of rotatable bonds is 38. The molecule has 0 unspecified atom stereocenters. The van der Waals surface area contributed by atoms with Crippen molar-refractivity contribution in [3.05, 3.63) is 291 Å². The Morgan fingerprint density at radius 2 is 0.686 bits per heavy atom. The van der Waals surface area contributed by atoms with Crippen LogP contribution in [-0.2, 0) is 10.8 Å². The Bertz CT molecular complexity index is 5750. The molecule has 0 saturated heterocycles. The number of nitrogens with zero attached hydrogens (tertiary/aromatic N) is 4. The summed E-state index contributed by atoms with van der Waals surface area (Å²) < 4.78 is 59.3. The molecule has 16 heteroatoms. The molecule has 4 heterocycles. The van der Waals surface area contributed by atoms with E-state index in [9.17, 15) is 15.3 Å². The number of halogens is 2. The number of carbonyl (C=O) groups is 2. The zero-order valence-corrected chi connectivity index (χ0v) is 70.9. The number of ketones is 2. The number of hydrogen-bond acceptors (Lipinski definition) is 12. The van der Waals surface area contributed by atoms with Crippen molar-refractivity contribution in [3.8, 4) is 54.6 Å². The van der Waals surface area contributed by atoms with Gasteiger partial charge in [-0.2, -0.15) is 0 Å². The van der Waals surface area contributed by atoms with E-state index < -0.39 is 33.9 Å². The molecule has 15 rings (SSSR count). The molecular formula is C102H96F2N4O6S4. The van der Waals surface area contributed by atoms with Crippen molar-refractivity contribution in [2.75, 3.05) is 26.4 Å². The van der Waals surface area contributed by atoms with Crippen LogP contribution in [0.15, 0.2) is 180 Å². The van der Waals surface area contributed by atoms with E-state index >= 15 is 13.6 Å². The number of allylic oxidation sites excluding steroid dienone is 6. The van der Waals surface area contributed by atoms with Crippen molar-refractivity contribution in [2.24, 2.45) is 0 Å². The van der Waals surface area contributed by atoms with Gasteiger partial charge in [-0.1, -0.05) is 229 Å². The zero-order chi connectivity index (χ0) is 81.9. The van der Waals surface area contributed by atoms with Crippen molar-refractivity contribution in [2.45, 2.75) is 193 Å². The monoisotopic (exact) mass is 1640 g/mol. The average Bonchev–Trinajstić information content (AvgIpc) is 1.48. The fourth-order valence-electron chi connectivity index (χ4n) is 17.8. The predicted molar refractivity (Wildman–Crippen MR) is 479 cm³/mol. The van der Waals surface area contributed by atoms with Crippen LogP contribution in [0.25, 0.3) is 72.7 Å². The van der Waals surface area contributed by atoms with E-state index in [1.165, 1.54) is 88.4 Å². The van der Waals surface area contributed by atoms with E-state index in [1.54, 1.807) is 40.1 Å². The van der Waals surface area contributed by atoms with Gasteiger partial charge in [0.1, 0.15) is 23.0 Å². The van der Waals surface area contributed by atoms with Crippen LogP contribution in [0.3, 0.4) is 0 Å². The molecule has 7 aromatic carbocycles. The number of ether oxygens (including phenoxy) is 4. The first kappa shape index (κ1) is 82.3. The normalized spacial score (nSPS) is 15.3. The van der Waals surface area contributed by atoms with Gasteiger partial charge >= 0.3 is 0 Å². The van der Waals surface area contributed by atoms with E-state index in [1.807, 2.05) is 48.5 Å². The van der Waals surface area contributed by atoms with Crippen LogP contribution < -0.4 is 18.9 Å². The van der Waals surface area contributed by atoms with Crippen molar-refractivity contribution in [1.29, 1.82) is 10.5 Å². The lowest BCUT2D eigenvalue weighted by atomic mass is 9.67. The molecule has 0 radical (unpaired) electrons. The summed E-state index contributed by atoms with van der Waals surface area (Å²) in [6.45, 7) is 27.8. The topological polar surface area (TPSA) is 127 Å². The van der Waals surface area contributed by atoms with Crippen molar-refractivity contribution in [3.63, 3.8) is 0 Å². The zero-order valence-electron chi connectivity index (χ0n) is 67.6. The highest BCUT2D eigenvalue weighted by atomic mass is 32.1. The Hall–Kier alpha value is -10.8. The van der Waals surface area contributed by atoms with Crippen LogP contribution in [0, 0.1) is 47.4 Å². The third-order valence-electron chi connectivity index (χ3n) is 23.7. The molecule has 0 saturated carbocycles. The number of carbonyl (C=O) groups excluding carboxylic acids is 2. The molecule has 0 bridgehead atoms. The van der Waals surface area contributed by atoms with Crippen LogP contribution in [0.2, 0.25) is 0 Å². The Morgan fingerprint density at radius 1 is 0.390 bits per heavy atom. The van der Waals surface area contributed by atoms with E-state index in [0.717, 1.165) is 201 Å². The van der Waals surface area contributed by atoms with Crippen LogP contribution in [0.1, 0.15) is 268 Å². The highest BCUT2D eigenvalue weighted by Crippen LogP contribution is 2.70. The maximum Gasteiger partial charge on any atom is 0.270 e. The Morgan fingerprint density at radius 3 is 1.01 bits per heavy atom. The second kappa shape index (κ2) is 37.4. The van der Waals surface area contributed by atoms with E-state index in [-0.39, 0.29) is 39.3 Å². The van der Waals surface area contributed by atoms with E-state index in [2.05, 4.69) is 153 Å². The summed E-state index contributed by atoms with van der Waals surface area (Å²) in [6.07, 6.45) is 30.6. The van der Waals surface area contributed by atoms with E-state index in [4.69, 9.17) is 32.1 Å². The Labute approximate surface area is 708 Å². The average molecular weight is 1640 g/mol. The molecule has 598 valence electrons. The molecule has 10 nitrogen and oxygen atoms in total.